The van der Waals surface area contributed by atoms with Crippen LogP contribution in [0.5, 0.6) is 11.5 Å². The normalized spacial score (nSPS) is 10.4. The number of halogens is 1. The van der Waals surface area contributed by atoms with Gasteiger partial charge in [-0.3, -0.25) is 0 Å². The van der Waals surface area contributed by atoms with E-state index < -0.39 is 0 Å². The van der Waals surface area contributed by atoms with E-state index in [1.54, 1.807) is 0 Å². The lowest BCUT2D eigenvalue weighted by molar-refractivity contribution is 0.257. The number of para-hydroxylation sites is 2. The first-order valence-corrected chi connectivity index (χ1v) is 8.13. The molecule has 3 aromatic rings. The molecular formula is C18H15ClO2S. The van der Waals surface area contributed by atoms with Crippen molar-refractivity contribution >= 4 is 22.9 Å². The summed E-state index contributed by atoms with van der Waals surface area (Å²) < 4.78 is 12.5. The van der Waals surface area contributed by atoms with Gasteiger partial charge in [0.1, 0.15) is 13.2 Å². The van der Waals surface area contributed by atoms with E-state index in [4.69, 9.17) is 21.1 Å². The second-order valence-electron chi connectivity index (χ2n) is 4.72. The summed E-state index contributed by atoms with van der Waals surface area (Å²) in [5.74, 6) is 1.48. The van der Waals surface area contributed by atoms with Gasteiger partial charge in [-0.05, 0) is 29.8 Å². The van der Waals surface area contributed by atoms with Crippen LogP contribution in [0.4, 0.5) is 0 Å². The third-order valence-corrected chi connectivity index (χ3v) is 4.29. The van der Waals surface area contributed by atoms with E-state index in [-0.39, 0.29) is 0 Å². The topological polar surface area (TPSA) is 18.5 Å². The van der Waals surface area contributed by atoms with Crippen LogP contribution in [0.1, 0.15) is 10.4 Å². The van der Waals surface area contributed by atoms with Gasteiger partial charge >= 0.3 is 0 Å². The molecule has 1 heterocycles. The summed E-state index contributed by atoms with van der Waals surface area (Å²) in [4.78, 5) is 1.09. The smallest absolute Gasteiger partial charge is 0.161 e. The Morgan fingerprint density at radius 3 is 2.00 bits per heavy atom. The van der Waals surface area contributed by atoms with Crippen molar-refractivity contribution in [2.75, 3.05) is 0 Å². The number of benzene rings is 2. The van der Waals surface area contributed by atoms with Crippen molar-refractivity contribution in [2.45, 2.75) is 13.2 Å². The second kappa shape index (κ2) is 7.34. The predicted octanol–water partition coefficient (Wildman–Crippen LogP) is 5.56. The molecule has 112 valence electrons. The number of hydrogen-bond donors (Lipinski definition) is 0. The van der Waals surface area contributed by atoms with Crippen LogP contribution in [0.15, 0.2) is 66.7 Å². The van der Waals surface area contributed by atoms with Crippen molar-refractivity contribution in [1.29, 1.82) is 0 Å². The molecule has 2 aromatic carbocycles. The molecule has 0 saturated heterocycles. The van der Waals surface area contributed by atoms with Crippen LogP contribution in [0.3, 0.4) is 0 Å². The third-order valence-electron chi connectivity index (χ3n) is 3.09. The van der Waals surface area contributed by atoms with E-state index in [0.29, 0.717) is 13.2 Å². The van der Waals surface area contributed by atoms with Crippen LogP contribution in [-0.4, -0.2) is 0 Å². The molecule has 0 spiro atoms. The number of rotatable bonds is 6. The molecule has 2 nitrogen and oxygen atoms in total. The van der Waals surface area contributed by atoms with Crippen molar-refractivity contribution in [2.24, 2.45) is 0 Å². The molecule has 0 aliphatic heterocycles. The number of hydrogen-bond acceptors (Lipinski definition) is 3. The average Bonchev–Trinajstić information content (AvgIpc) is 2.98. The van der Waals surface area contributed by atoms with Crippen molar-refractivity contribution in [3.8, 4) is 11.5 Å². The number of ether oxygens (including phenoxy) is 2. The minimum Gasteiger partial charge on any atom is -0.485 e. The summed E-state index contributed by atoms with van der Waals surface area (Å²) >= 11 is 7.45. The van der Waals surface area contributed by atoms with Crippen LogP contribution in [0.25, 0.3) is 0 Å². The Morgan fingerprint density at radius 2 is 1.36 bits per heavy atom. The molecule has 0 aliphatic rings. The second-order valence-corrected chi connectivity index (χ2v) is 6.52. The summed E-state index contributed by atoms with van der Waals surface area (Å²) in [6, 6.07) is 21.6. The van der Waals surface area contributed by atoms with Gasteiger partial charge in [0, 0.05) is 4.88 Å². The highest BCUT2D eigenvalue weighted by atomic mass is 35.5. The lowest BCUT2D eigenvalue weighted by Crippen LogP contribution is -1.99. The Kier molecular flexibility index (Phi) is 4.99. The molecule has 0 saturated carbocycles. The highest BCUT2D eigenvalue weighted by Crippen LogP contribution is 2.29. The quantitative estimate of drug-likeness (QED) is 0.589. The Balaban J connectivity index is 1.64. The fourth-order valence-corrected chi connectivity index (χ4v) is 3.00. The van der Waals surface area contributed by atoms with Gasteiger partial charge in [0.25, 0.3) is 0 Å². The van der Waals surface area contributed by atoms with E-state index in [0.717, 1.165) is 26.3 Å². The van der Waals surface area contributed by atoms with E-state index in [2.05, 4.69) is 0 Å². The fourth-order valence-electron chi connectivity index (χ4n) is 2.00. The molecule has 3 rings (SSSR count). The van der Waals surface area contributed by atoms with Gasteiger partial charge in [0.15, 0.2) is 11.5 Å². The molecule has 0 aliphatic carbocycles. The van der Waals surface area contributed by atoms with E-state index in [1.807, 2.05) is 66.7 Å². The van der Waals surface area contributed by atoms with Crippen molar-refractivity contribution < 1.29 is 9.47 Å². The first-order valence-electron chi connectivity index (χ1n) is 6.94. The standard InChI is InChI=1S/C18H15ClO2S/c19-18-11-10-15(22-18)13-21-17-9-5-4-8-16(17)20-12-14-6-2-1-3-7-14/h1-11H,12-13H2. The Bertz CT molecular complexity index is 725. The zero-order valence-corrected chi connectivity index (χ0v) is 13.4. The van der Waals surface area contributed by atoms with Gasteiger partial charge in [-0.15, -0.1) is 11.3 Å². The van der Waals surface area contributed by atoms with Crippen molar-refractivity contribution in [3.05, 3.63) is 81.5 Å². The number of thiophene rings is 1. The Labute approximate surface area is 138 Å². The maximum atomic E-state index is 5.93. The van der Waals surface area contributed by atoms with Gasteiger partial charge in [-0.2, -0.15) is 0 Å². The van der Waals surface area contributed by atoms with Crippen LogP contribution in [-0.2, 0) is 13.2 Å². The third kappa shape index (κ3) is 4.03. The van der Waals surface area contributed by atoms with E-state index in [9.17, 15) is 0 Å². The molecule has 0 bridgehead atoms. The fraction of sp³-hybridized carbons (Fsp3) is 0.111. The highest BCUT2D eigenvalue weighted by Gasteiger charge is 2.06. The van der Waals surface area contributed by atoms with Crippen molar-refractivity contribution in [1.82, 2.24) is 0 Å². The van der Waals surface area contributed by atoms with Gasteiger partial charge < -0.3 is 9.47 Å². The predicted molar refractivity (Wildman–Crippen MR) is 90.9 cm³/mol. The lowest BCUT2D eigenvalue weighted by Gasteiger charge is -2.12. The van der Waals surface area contributed by atoms with Crippen LogP contribution < -0.4 is 9.47 Å². The zero-order valence-electron chi connectivity index (χ0n) is 11.9. The molecule has 22 heavy (non-hydrogen) atoms. The van der Waals surface area contributed by atoms with Gasteiger partial charge in [0.2, 0.25) is 0 Å². The molecule has 1 aromatic heterocycles. The first-order chi connectivity index (χ1) is 10.8. The Hall–Kier alpha value is -1.97. The summed E-state index contributed by atoms with van der Waals surface area (Å²) in [5.41, 5.74) is 1.13. The van der Waals surface area contributed by atoms with E-state index in [1.165, 1.54) is 11.3 Å². The largest absolute Gasteiger partial charge is 0.485 e. The molecule has 0 radical (unpaired) electrons. The lowest BCUT2D eigenvalue weighted by atomic mass is 10.2. The summed E-state index contributed by atoms with van der Waals surface area (Å²) in [6.45, 7) is 1.01. The van der Waals surface area contributed by atoms with E-state index >= 15 is 0 Å². The monoisotopic (exact) mass is 330 g/mol. The molecule has 0 fully saturated rings. The molecule has 0 N–H and O–H groups in total. The minimum atomic E-state index is 0.489. The van der Waals surface area contributed by atoms with Crippen LogP contribution in [0.2, 0.25) is 4.34 Å². The maximum Gasteiger partial charge on any atom is 0.161 e. The maximum absolute atomic E-state index is 5.93. The summed E-state index contributed by atoms with van der Waals surface area (Å²) in [7, 11) is 0. The average molecular weight is 331 g/mol. The first kappa shape index (κ1) is 14.9. The van der Waals surface area contributed by atoms with Crippen LogP contribution in [0, 0.1) is 0 Å². The molecular weight excluding hydrogens is 316 g/mol. The SMILES string of the molecule is Clc1ccc(COc2ccccc2OCc2ccccc2)s1. The Morgan fingerprint density at radius 1 is 0.727 bits per heavy atom. The highest BCUT2D eigenvalue weighted by molar-refractivity contribution is 7.16. The van der Waals surface area contributed by atoms with Gasteiger partial charge in [0.05, 0.1) is 4.34 Å². The zero-order chi connectivity index (χ0) is 15.2. The molecule has 0 amide bonds. The minimum absolute atomic E-state index is 0.489. The summed E-state index contributed by atoms with van der Waals surface area (Å²) in [6.07, 6.45) is 0. The summed E-state index contributed by atoms with van der Waals surface area (Å²) in [5, 5.41) is 0. The molecule has 0 unspecified atom stereocenters. The molecule has 4 heteroatoms. The molecule has 0 atom stereocenters. The van der Waals surface area contributed by atoms with Crippen molar-refractivity contribution in [3.63, 3.8) is 0 Å². The van der Waals surface area contributed by atoms with Gasteiger partial charge in [-0.25, -0.2) is 0 Å². The van der Waals surface area contributed by atoms with Gasteiger partial charge in [-0.1, -0.05) is 54.1 Å². The van der Waals surface area contributed by atoms with Crippen LogP contribution >= 0.6 is 22.9 Å².